The van der Waals surface area contributed by atoms with Gasteiger partial charge in [-0.05, 0) is 56.9 Å². The zero-order chi connectivity index (χ0) is 26.0. The van der Waals surface area contributed by atoms with E-state index >= 15 is 0 Å². The highest BCUT2D eigenvalue weighted by atomic mass is 16.7. The van der Waals surface area contributed by atoms with Crippen molar-refractivity contribution < 1.29 is 39.1 Å². The van der Waals surface area contributed by atoms with Crippen molar-refractivity contribution in [2.45, 2.75) is 97.9 Å². The topological polar surface area (TPSA) is 123 Å². The second-order valence-electron chi connectivity index (χ2n) is 9.80. The van der Waals surface area contributed by atoms with Crippen molar-refractivity contribution in [2.24, 2.45) is 17.8 Å². The molecule has 0 aromatic rings. The van der Waals surface area contributed by atoms with Gasteiger partial charge in [0.2, 0.25) is 0 Å². The standard InChI is InChI=1S/C26H44O8/c1-8-17(4)18(5)12-21(10-15(2)9-19(6)20(7)28)33-23(29)11-16(3)14-32-26-25(31)24(30)22(13-27)34-26/h11,15,18-19,21-22,24-27,30-31H,4,8-10,12-14H2,1-3,5-7H3. The van der Waals surface area contributed by atoms with Crippen LogP contribution in [0.5, 0.6) is 0 Å². The molecule has 0 amide bonds. The molecule has 0 radical (unpaired) electrons. The first-order chi connectivity index (χ1) is 15.9. The number of ketones is 1. The molecule has 1 rings (SSSR count). The van der Waals surface area contributed by atoms with Crippen LogP contribution in [-0.4, -0.2) is 71.0 Å². The van der Waals surface area contributed by atoms with Crippen LogP contribution >= 0.6 is 0 Å². The van der Waals surface area contributed by atoms with Crippen molar-refractivity contribution in [3.63, 3.8) is 0 Å². The molecule has 34 heavy (non-hydrogen) atoms. The average Bonchev–Trinajstić information content (AvgIpc) is 3.04. The lowest BCUT2D eigenvalue weighted by Gasteiger charge is -2.25. The Morgan fingerprint density at radius 2 is 1.71 bits per heavy atom. The molecule has 0 bridgehead atoms. The van der Waals surface area contributed by atoms with Gasteiger partial charge in [0.25, 0.3) is 0 Å². The van der Waals surface area contributed by atoms with Crippen LogP contribution in [0.25, 0.3) is 0 Å². The van der Waals surface area contributed by atoms with Gasteiger partial charge in [-0.3, -0.25) is 4.79 Å². The van der Waals surface area contributed by atoms with Crippen LogP contribution in [0.3, 0.4) is 0 Å². The largest absolute Gasteiger partial charge is 0.459 e. The van der Waals surface area contributed by atoms with Crippen molar-refractivity contribution in [3.8, 4) is 0 Å². The van der Waals surface area contributed by atoms with E-state index in [1.807, 2.05) is 6.92 Å². The number of carbonyl (C=O) groups excluding carboxylic acids is 2. The molecule has 8 unspecified atom stereocenters. The lowest BCUT2D eigenvalue weighted by molar-refractivity contribution is -0.164. The summed E-state index contributed by atoms with van der Waals surface area (Å²) in [4.78, 5) is 24.3. The molecular formula is C26H44O8. The summed E-state index contributed by atoms with van der Waals surface area (Å²) in [5.41, 5.74) is 1.66. The smallest absolute Gasteiger partial charge is 0.331 e. The SMILES string of the molecule is C=C(CC)C(C)CC(CC(C)CC(C)C(C)=O)OC(=O)C=C(C)COC1OC(CO)C(O)C1O. The summed E-state index contributed by atoms with van der Waals surface area (Å²) in [5.74, 6) is 0.0275. The second kappa shape index (κ2) is 14.7. The summed E-state index contributed by atoms with van der Waals surface area (Å²) in [7, 11) is 0. The van der Waals surface area contributed by atoms with Gasteiger partial charge in [0.1, 0.15) is 30.2 Å². The number of Topliss-reactive ketones (excluding diaryl/α,β-unsaturated/α-hetero) is 1. The average molecular weight is 485 g/mol. The molecule has 0 spiro atoms. The molecule has 1 heterocycles. The Morgan fingerprint density at radius 1 is 1.06 bits per heavy atom. The summed E-state index contributed by atoms with van der Waals surface area (Å²) in [6, 6.07) is 0. The van der Waals surface area contributed by atoms with Gasteiger partial charge in [-0.25, -0.2) is 4.79 Å². The molecule has 8 atom stereocenters. The minimum Gasteiger partial charge on any atom is -0.459 e. The fraction of sp³-hybridized carbons (Fsp3) is 0.769. The Morgan fingerprint density at radius 3 is 2.24 bits per heavy atom. The number of rotatable bonds is 15. The molecular weight excluding hydrogens is 440 g/mol. The molecule has 1 aliphatic rings. The summed E-state index contributed by atoms with van der Waals surface area (Å²) < 4.78 is 16.5. The molecule has 196 valence electrons. The van der Waals surface area contributed by atoms with Gasteiger partial charge in [0, 0.05) is 12.0 Å². The predicted molar refractivity (Wildman–Crippen MR) is 129 cm³/mol. The molecule has 0 aliphatic carbocycles. The van der Waals surface area contributed by atoms with E-state index in [1.165, 1.54) is 6.08 Å². The van der Waals surface area contributed by atoms with E-state index in [9.17, 15) is 19.8 Å². The Labute approximate surface area is 204 Å². The number of esters is 1. The van der Waals surface area contributed by atoms with Gasteiger partial charge < -0.3 is 29.5 Å². The van der Waals surface area contributed by atoms with Crippen LogP contribution in [-0.2, 0) is 23.8 Å². The third-order valence-corrected chi connectivity index (χ3v) is 6.50. The van der Waals surface area contributed by atoms with Gasteiger partial charge in [-0.15, -0.1) is 0 Å². The highest BCUT2D eigenvalue weighted by Crippen LogP contribution is 2.26. The number of aliphatic hydroxyl groups excluding tert-OH is 3. The first-order valence-corrected chi connectivity index (χ1v) is 12.2. The Bertz CT molecular complexity index is 703. The van der Waals surface area contributed by atoms with E-state index in [4.69, 9.17) is 19.3 Å². The van der Waals surface area contributed by atoms with Gasteiger partial charge in [-0.2, -0.15) is 0 Å². The van der Waals surface area contributed by atoms with Crippen LogP contribution in [0.1, 0.15) is 67.2 Å². The molecule has 8 heteroatoms. The first-order valence-electron chi connectivity index (χ1n) is 12.2. The van der Waals surface area contributed by atoms with Crippen LogP contribution in [0.15, 0.2) is 23.8 Å². The van der Waals surface area contributed by atoms with Crippen molar-refractivity contribution >= 4 is 11.8 Å². The Balaban J connectivity index is 2.72. The van der Waals surface area contributed by atoms with E-state index in [0.29, 0.717) is 18.4 Å². The van der Waals surface area contributed by atoms with E-state index in [-0.39, 0.29) is 36.2 Å². The Hall–Kier alpha value is -1.58. The number of hydrogen-bond donors (Lipinski definition) is 3. The maximum Gasteiger partial charge on any atom is 0.331 e. The van der Waals surface area contributed by atoms with E-state index in [1.54, 1.807) is 13.8 Å². The summed E-state index contributed by atoms with van der Waals surface area (Å²) in [6.07, 6.45) is -0.602. The minimum absolute atomic E-state index is 0.0120. The molecule has 0 aromatic carbocycles. The molecule has 1 saturated heterocycles. The molecule has 1 aliphatic heterocycles. The summed E-state index contributed by atoms with van der Waals surface area (Å²) in [6.45, 7) is 15.1. The first kappa shape index (κ1) is 30.5. The van der Waals surface area contributed by atoms with Crippen molar-refractivity contribution in [1.82, 2.24) is 0 Å². The zero-order valence-corrected chi connectivity index (χ0v) is 21.5. The number of carbonyl (C=O) groups is 2. The van der Waals surface area contributed by atoms with Crippen LogP contribution < -0.4 is 0 Å². The lowest BCUT2D eigenvalue weighted by Crippen LogP contribution is -2.34. The monoisotopic (exact) mass is 484 g/mol. The summed E-state index contributed by atoms with van der Waals surface area (Å²) >= 11 is 0. The summed E-state index contributed by atoms with van der Waals surface area (Å²) in [5, 5.41) is 28.9. The third-order valence-electron chi connectivity index (χ3n) is 6.50. The number of allylic oxidation sites excluding steroid dienone is 1. The van der Waals surface area contributed by atoms with Gasteiger partial charge in [-0.1, -0.05) is 39.8 Å². The second-order valence-corrected chi connectivity index (χ2v) is 9.80. The maximum absolute atomic E-state index is 12.6. The van der Waals surface area contributed by atoms with Gasteiger partial charge in [0.15, 0.2) is 6.29 Å². The highest BCUT2D eigenvalue weighted by molar-refractivity contribution is 5.82. The molecule has 0 saturated carbocycles. The zero-order valence-electron chi connectivity index (χ0n) is 21.5. The predicted octanol–water partition coefficient (Wildman–Crippen LogP) is 2.93. The van der Waals surface area contributed by atoms with Crippen LogP contribution in [0, 0.1) is 17.8 Å². The van der Waals surface area contributed by atoms with E-state index < -0.39 is 37.2 Å². The van der Waals surface area contributed by atoms with Gasteiger partial charge >= 0.3 is 5.97 Å². The van der Waals surface area contributed by atoms with Crippen molar-refractivity contribution in [3.05, 3.63) is 23.8 Å². The lowest BCUT2D eigenvalue weighted by atomic mass is 9.86. The maximum atomic E-state index is 12.6. The number of aliphatic hydroxyl groups is 3. The third kappa shape index (κ3) is 9.96. The van der Waals surface area contributed by atoms with Crippen molar-refractivity contribution in [1.29, 1.82) is 0 Å². The number of ether oxygens (including phenoxy) is 3. The molecule has 1 fully saturated rings. The van der Waals surface area contributed by atoms with E-state index in [0.717, 1.165) is 18.4 Å². The Kier molecular flexibility index (Phi) is 13.2. The fourth-order valence-corrected chi connectivity index (χ4v) is 4.07. The minimum atomic E-state index is -1.28. The number of hydrogen-bond acceptors (Lipinski definition) is 8. The quantitative estimate of drug-likeness (QED) is 0.184. The molecule has 8 nitrogen and oxygen atoms in total. The highest BCUT2D eigenvalue weighted by Gasteiger charge is 2.43. The normalized spacial score (nSPS) is 26.6. The van der Waals surface area contributed by atoms with Crippen LogP contribution in [0.2, 0.25) is 0 Å². The van der Waals surface area contributed by atoms with E-state index in [2.05, 4.69) is 27.4 Å². The van der Waals surface area contributed by atoms with Crippen LogP contribution in [0.4, 0.5) is 0 Å². The van der Waals surface area contributed by atoms with Crippen molar-refractivity contribution in [2.75, 3.05) is 13.2 Å². The molecule has 0 aromatic heterocycles. The fourth-order valence-electron chi connectivity index (χ4n) is 4.07. The molecule has 3 N–H and O–H groups in total. The van der Waals surface area contributed by atoms with Gasteiger partial charge in [0.05, 0.1) is 13.2 Å².